The second-order valence-corrected chi connectivity index (χ2v) is 5.72. The lowest BCUT2D eigenvalue weighted by atomic mass is 10.1. The van der Waals surface area contributed by atoms with Crippen molar-refractivity contribution in [2.24, 2.45) is 0 Å². The molecular formula is C17H18ClN3. The molecule has 0 N–H and O–H groups in total. The predicted molar refractivity (Wildman–Crippen MR) is 87.0 cm³/mol. The van der Waals surface area contributed by atoms with Crippen LogP contribution in [0.1, 0.15) is 22.6 Å². The Morgan fingerprint density at radius 2 is 1.95 bits per heavy atom. The number of imidazole rings is 1. The molecule has 0 fully saturated rings. The fourth-order valence-corrected chi connectivity index (χ4v) is 2.75. The van der Waals surface area contributed by atoms with E-state index in [1.807, 2.05) is 19.1 Å². The molecule has 0 unspecified atom stereocenters. The second kappa shape index (κ2) is 5.86. The van der Waals surface area contributed by atoms with E-state index in [-0.39, 0.29) is 0 Å². The summed E-state index contributed by atoms with van der Waals surface area (Å²) in [4.78, 5) is 9.33. The maximum Gasteiger partial charge on any atom is 0.160 e. The molecule has 0 radical (unpaired) electrons. The van der Waals surface area contributed by atoms with Crippen LogP contribution in [0.2, 0.25) is 0 Å². The summed E-state index contributed by atoms with van der Waals surface area (Å²) < 4.78 is 2.18. The van der Waals surface area contributed by atoms with Crippen molar-refractivity contribution in [3.05, 3.63) is 59.0 Å². The molecule has 4 heteroatoms. The number of pyridine rings is 1. The molecule has 2 aromatic heterocycles. The van der Waals surface area contributed by atoms with Crippen molar-refractivity contribution in [2.45, 2.75) is 26.8 Å². The van der Waals surface area contributed by atoms with Crippen molar-refractivity contribution in [3.63, 3.8) is 0 Å². The Morgan fingerprint density at radius 1 is 1.10 bits per heavy atom. The normalized spacial score (nSPS) is 11.2. The van der Waals surface area contributed by atoms with Gasteiger partial charge >= 0.3 is 0 Å². The molecular weight excluding hydrogens is 282 g/mol. The summed E-state index contributed by atoms with van der Waals surface area (Å²) in [5.74, 6) is 1.57. The summed E-state index contributed by atoms with van der Waals surface area (Å²) in [7, 11) is 0. The fourth-order valence-electron chi connectivity index (χ4n) is 2.58. The molecule has 0 aliphatic rings. The van der Waals surface area contributed by atoms with E-state index < -0.39 is 0 Å². The van der Waals surface area contributed by atoms with E-state index in [4.69, 9.17) is 11.6 Å². The van der Waals surface area contributed by atoms with Crippen molar-refractivity contribution in [1.29, 1.82) is 0 Å². The van der Waals surface area contributed by atoms with Gasteiger partial charge in [0.15, 0.2) is 5.65 Å². The third-order valence-corrected chi connectivity index (χ3v) is 3.74. The molecule has 0 spiro atoms. The van der Waals surface area contributed by atoms with Gasteiger partial charge in [-0.25, -0.2) is 9.97 Å². The zero-order valence-electron chi connectivity index (χ0n) is 12.3. The summed E-state index contributed by atoms with van der Waals surface area (Å²) in [5.41, 5.74) is 5.41. The first-order valence-electron chi connectivity index (χ1n) is 7.11. The quantitative estimate of drug-likeness (QED) is 0.685. The van der Waals surface area contributed by atoms with Crippen molar-refractivity contribution < 1.29 is 0 Å². The van der Waals surface area contributed by atoms with E-state index in [0.29, 0.717) is 5.88 Å². The summed E-state index contributed by atoms with van der Waals surface area (Å²) in [6, 6.07) is 12.6. The van der Waals surface area contributed by atoms with Crippen molar-refractivity contribution in [3.8, 4) is 0 Å². The Labute approximate surface area is 129 Å². The van der Waals surface area contributed by atoms with Gasteiger partial charge in [0.2, 0.25) is 0 Å². The van der Waals surface area contributed by atoms with Crippen LogP contribution in [0, 0.1) is 13.8 Å². The number of benzene rings is 1. The molecule has 1 aromatic carbocycles. The van der Waals surface area contributed by atoms with Gasteiger partial charge in [-0.1, -0.05) is 29.8 Å². The second-order valence-electron chi connectivity index (χ2n) is 5.34. The lowest BCUT2D eigenvalue weighted by Gasteiger charge is -2.09. The fraction of sp³-hybridized carbons (Fsp3) is 0.294. The van der Waals surface area contributed by atoms with Crippen molar-refractivity contribution >= 4 is 22.8 Å². The van der Waals surface area contributed by atoms with E-state index in [0.717, 1.165) is 35.6 Å². The minimum absolute atomic E-state index is 0.566. The van der Waals surface area contributed by atoms with Crippen molar-refractivity contribution in [2.75, 3.05) is 5.88 Å². The van der Waals surface area contributed by atoms with Gasteiger partial charge in [-0.05, 0) is 31.5 Å². The van der Waals surface area contributed by atoms with E-state index in [9.17, 15) is 0 Å². The number of halogens is 1. The molecule has 21 heavy (non-hydrogen) atoms. The van der Waals surface area contributed by atoms with Crippen molar-refractivity contribution in [1.82, 2.24) is 14.5 Å². The molecule has 0 saturated carbocycles. The lowest BCUT2D eigenvalue weighted by molar-refractivity contribution is 0.746. The minimum atomic E-state index is 0.566. The van der Waals surface area contributed by atoms with Crippen LogP contribution in [0.15, 0.2) is 36.4 Å². The number of hydrogen-bond acceptors (Lipinski definition) is 2. The average Bonchev–Trinajstić information content (AvgIpc) is 2.77. The summed E-state index contributed by atoms with van der Waals surface area (Å²) in [6.07, 6.45) is 0.753. The highest BCUT2D eigenvalue weighted by molar-refractivity contribution is 6.17. The number of hydrogen-bond donors (Lipinski definition) is 0. The molecule has 0 bridgehead atoms. The van der Waals surface area contributed by atoms with Crippen LogP contribution in [0.4, 0.5) is 0 Å². The van der Waals surface area contributed by atoms with Gasteiger partial charge < -0.3 is 4.57 Å². The Bertz CT molecular complexity index is 777. The molecule has 0 atom stereocenters. The maximum absolute atomic E-state index is 5.92. The van der Waals surface area contributed by atoms with Gasteiger partial charge in [0.05, 0.1) is 6.54 Å². The molecule has 2 heterocycles. The third-order valence-electron chi connectivity index (χ3n) is 3.55. The van der Waals surface area contributed by atoms with Gasteiger partial charge in [-0.2, -0.15) is 0 Å². The highest BCUT2D eigenvalue weighted by Gasteiger charge is 2.12. The van der Waals surface area contributed by atoms with Crippen LogP contribution < -0.4 is 0 Å². The predicted octanol–water partition coefficient (Wildman–Crippen LogP) is 3.88. The van der Waals surface area contributed by atoms with Crippen LogP contribution in [0.3, 0.4) is 0 Å². The Hall–Kier alpha value is -1.87. The van der Waals surface area contributed by atoms with Gasteiger partial charge in [0.1, 0.15) is 11.3 Å². The molecule has 3 rings (SSSR count). The standard InChI is InChI=1S/C17H18ClN3/c1-12-4-3-5-14(10-12)11-21-16(8-9-18)20-15-7-6-13(2)19-17(15)21/h3-7,10H,8-9,11H2,1-2H3. The molecule has 3 nitrogen and oxygen atoms in total. The smallest absolute Gasteiger partial charge is 0.160 e. The molecule has 0 saturated heterocycles. The summed E-state index contributed by atoms with van der Waals surface area (Å²) in [5, 5.41) is 0. The molecule has 3 aromatic rings. The van der Waals surface area contributed by atoms with Crippen LogP contribution in [-0.2, 0) is 13.0 Å². The number of aryl methyl sites for hydroxylation is 3. The number of rotatable bonds is 4. The third kappa shape index (κ3) is 2.93. The molecule has 0 amide bonds. The first-order chi connectivity index (χ1) is 10.2. The number of fused-ring (bicyclic) bond motifs is 1. The van der Waals surface area contributed by atoms with Gasteiger partial charge in [-0.15, -0.1) is 11.6 Å². The maximum atomic E-state index is 5.92. The van der Waals surface area contributed by atoms with Crippen LogP contribution >= 0.6 is 11.6 Å². The summed E-state index contributed by atoms with van der Waals surface area (Å²) in [6.45, 7) is 4.89. The number of nitrogens with zero attached hydrogens (tertiary/aromatic N) is 3. The minimum Gasteiger partial charge on any atom is -0.308 e. The van der Waals surface area contributed by atoms with E-state index >= 15 is 0 Å². The zero-order valence-corrected chi connectivity index (χ0v) is 13.1. The van der Waals surface area contributed by atoms with Crippen LogP contribution in [0.25, 0.3) is 11.2 Å². The van der Waals surface area contributed by atoms with E-state index in [1.165, 1.54) is 11.1 Å². The van der Waals surface area contributed by atoms with Gasteiger partial charge in [-0.3, -0.25) is 0 Å². The van der Waals surface area contributed by atoms with Crippen LogP contribution in [-0.4, -0.2) is 20.4 Å². The average molecular weight is 300 g/mol. The Morgan fingerprint density at radius 3 is 2.71 bits per heavy atom. The first kappa shape index (κ1) is 14.1. The van der Waals surface area contributed by atoms with Crippen LogP contribution in [0.5, 0.6) is 0 Å². The summed E-state index contributed by atoms with van der Waals surface area (Å²) >= 11 is 5.92. The Kier molecular flexibility index (Phi) is 3.93. The highest BCUT2D eigenvalue weighted by atomic mass is 35.5. The zero-order chi connectivity index (χ0) is 14.8. The van der Waals surface area contributed by atoms with Gasteiger partial charge in [0.25, 0.3) is 0 Å². The lowest BCUT2D eigenvalue weighted by Crippen LogP contribution is -2.07. The Balaban J connectivity index is 2.10. The first-order valence-corrected chi connectivity index (χ1v) is 7.65. The van der Waals surface area contributed by atoms with E-state index in [2.05, 4.69) is 45.7 Å². The topological polar surface area (TPSA) is 30.7 Å². The van der Waals surface area contributed by atoms with E-state index in [1.54, 1.807) is 0 Å². The number of aromatic nitrogens is 3. The molecule has 0 aliphatic heterocycles. The monoisotopic (exact) mass is 299 g/mol. The SMILES string of the molecule is Cc1cccc(Cn2c(CCCl)nc3ccc(C)nc32)c1. The number of alkyl halides is 1. The highest BCUT2D eigenvalue weighted by Crippen LogP contribution is 2.18. The van der Waals surface area contributed by atoms with Gasteiger partial charge in [0, 0.05) is 18.0 Å². The largest absolute Gasteiger partial charge is 0.308 e. The molecule has 0 aliphatic carbocycles. The molecule has 108 valence electrons.